The first-order valence-electron chi connectivity index (χ1n) is 4.49. The monoisotopic (exact) mass is 211 g/mol. The number of primary amides is 1. The molecule has 1 heterocycles. The second-order valence-corrected chi connectivity index (χ2v) is 3.09. The van der Waals surface area contributed by atoms with Gasteiger partial charge in [0.25, 0.3) is 5.91 Å². The van der Waals surface area contributed by atoms with Gasteiger partial charge in [0, 0.05) is 13.5 Å². The summed E-state index contributed by atoms with van der Waals surface area (Å²) in [6.45, 7) is 1.75. The Balaban J connectivity index is 2.71. The van der Waals surface area contributed by atoms with E-state index >= 15 is 0 Å². The lowest BCUT2D eigenvalue weighted by atomic mass is 10.4. The van der Waals surface area contributed by atoms with Crippen molar-refractivity contribution >= 4 is 11.8 Å². The summed E-state index contributed by atoms with van der Waals surface area (Å²) < 4.78 is 0. The van der Waals surface area contributed by atoms with E-state index in [1.54, 1.807) is 0 Å². The number of nitrogens with zero attached hydrogens (tertiary/aromatic N) is 3. The van der Waals surface area contributed by atoms with Gasteiger partial charge in [0.05, 0.1) is 6.54 Å². The van der Waals surface area contributed by atoms with Crippen molar-refractivity contribution in [2.45, 2.75) is 13.3 Å². The van der Waals surface area contributed by atoms with Crippen LogP contribution in [0.1, 0.15) is 23.4 Å². The molecule has 0 spiro atoms. The van der Waals surface area contributed by atoms with E-state index in [2.05, 4.69) is 15.2 Å². The smallest absolute Gasteiger partial charge is 0.293 e. The first kappa shape index (κ1) is 11.2. The Bertz CT molecular complexity index is 373. The fourth-order valence-corrected chi connectivity index (χ4v) is 1.03. The van der Waals surface area contributed by atoms with Gasteiger partial charge in [-0.05, 0) is 0 Å². The van der Waals surface area contributed by atoms with Crippen molar-refractivity contribution in [3.63, 3.8) is 0 Å². The van der Waals surface area contributed by atoms with Crippen molar-refractivity contribution in [3.05, 3.63) is 11.6 Å². The standard InChI is InChI=1S/C8H13N5O2/c1-3-6-10-7(12-11-6)8(15)13(2)4-5(9)14/h3-4H2,1-2H3,(H2,9,14)(H,10,11,12). The highest BCUT2D eigenvalue weighted by Gasteiger charge is 2.17. The third-order valence-electron chi connectivity index (χ3n) is 1.80. The van der Waals surface area contributed by atoms with E-state index in [-0.39, 0.29) is 12.4 Å². The highest BCUT2D eigenvalue weighted by molar-refractivity contribution is 5.92. The zero-order valence-corrected chi connectivity index (χ0v) is 8.65. The van der Waals surface area contributed by atoms with Crippen molar-refractivity contribution in [2.24, 2.45) is 5.73 Å². The number of rotatable bonds is 4. The number of nitrogens with two attached hydrogens (primary N) is 1. The molecule has 0 atom stereocenters. The molecule has 0 radical (unpaired) electrons. The summed E-state index contributed by atoms with van der Waals surface area (Å²) >= 11 is 0. The highest BCUT2D eigenvalue weighted by Crippen LogP contribution is 1.97. The second kappa shape index (κ2) is 4.54. The molecule has 0 unspecified atom stereocenters. The number of amides is 2. The van der Waals surface area contributed by atoms with E-state index in [1.807, 2.05) is 6.92 Å². The predicted octanol–water partition coefficient (Wildman–Crippen LogP) is -1.08. The molecule has 0 bridgehead atoms. The molecular weight excluding hydrogens is 198 g/mol. The molecule has 1 aromatic heterocycles. The largest absolute Gasteiger partial charge is 0.368 e. The summed E-state index contributed by atoms with van der Waals surface area (Å²) in [7, 11) is 1.47. The van der Waals surface area contributed by atoms with Crippen LogP contribution in [0.15, 0.2) is 0 Å². The second-order valence-electron chi connectivity index (χ2n) is 3.09. The Hall–Kier alpha value is -1.92. The summed E-state index contributed by atoms with van der Waals surface area (Å²) in [5, 5.41) is 6.36. The maximum atomic E-state index is 11.6. The van der Waals surface area contributed by atoms with Gasteiger partial charge in [-0.25, -0.2) is 4.98 Å². The first-order chi connectivity index (χ1) is 7.04. The molecule has 0 aliphatic heterocycles. The Kier molecular flexibility index (Phi) is 3.37. The van der Waals surface area contributed by atoms with Gasteiger partial charge in [-0.3, -0.25) is 14.7 Å². The molecule has 2 amide bonds. The molecule has 0 saturated carbocycles. The Morgan fingerprint density at radius 3 is 2.67 bits per heavy atom. The number of likely N-dealkylation sites (N-methyl/N-ethyl adjacent to an activating group) is 1. The molecule has 1 aromatic rings. The van der Waals surface area contributed by atoms with Gasteiger partial charge in [0.1, 0.15) is 5.82 Å². The zero-order chi connectivity index (χ0) is 11.4. The van der Waals surface area contributed by atoms with Crippen LogP contribution in [-0.4, -0.2) is 45.5 Å². The molecule has 82 valence electrons. The molecule has 0 aromatic carbocycles. The van der Waals surface area contributed by atoms with Crippen molar-refractivity contribution in [1.29, 1.82) is 0 Å². The van der Waals surface area contributed by atoms with Crippen LogP contribution in [0.25, 0.3) is 0 Å². The molecule has 3 N–H and O–H groups in total. The van der Waals surface area contributed by atoms with E-state index in [0.29, 0.717) is 12.2 Å². The van der Waals surface area contributed by atoms with Gasteiger partial charge < -0.3 is 10.6 Å². The summed E-state index contributed by atoms with van der Waals surface area (Å²) in [4.78, 5) is 27.3. The number of hydrogen-bond acceptors (Lipinski definition) is 4. The van der Waals surface area contributed by atoms with E-state index in [4.69, 9.17) is 5.73 Å². The quantitative estimate of drug-likeness (QED) is 0.661. The van der Waals surface area contributed by atoms with Gasteiger partial charge in [-0.2, -0.15) is 0 Å². The van der Waals surface area contributed by atoms with E-state index in [1.165, 1.54) is 11.9 Å². The molecule has 0 saturated heterocycles. The number of aromatic nitrogens is 3. The van der Waals surface area contributed by atoms with E-state index < -0.39 is 11.8 Å². The minimum atomic E-state index is -0.572. The molecule has 15 heavy (non-hydrogen) atoms. The van der Waals surface area contributed by atoms with E-state index in [0.717, 1.165) is 0 Å². The Morgan fingerprint density at radius 1 is 1.53 bits per heavy atom. The Labute approximate surface area is 86.7 Å². The van der Waals surface area contributed by atoms with Crippen LogP contribution < -0.4 is 5.73 Å². The minimum absolute atomic E-state index is 0.0515. The lowest BCUT2D eigenvalue weighted by molar-refractivity contribution is -0.118. The van der Waals surface area contributed by atoms with Crippen LogP contribution in [0.2, 0.25) is 0 Å². The van der Waals surface area contributed by atoms with Crippen molar-refractivity contribution < 1.29 is 9.59 Å². The summed E-state index contributed by atoms with van der Waals surface area (Å²) in [6, 6.07) is 0. The topological polar surface area (TPSA) is 105 Å². The van der Waals surface area contributed by atoms with Gasteiger partial charge >= 0.3 is 0 Å². The average Bonchev–Trinajstić information content (AvgIpc) is 2.63. The fraction of sp³-hybridized carbons (Fsp3) is 0.500. The Morgan fingerprint density at radius 2 is 2.20 bits per heavy atom. The molecule has 7 heteroatoms. The molecular formula is C8H13N5O2. The third-order valence-corrected chi connectivity index (χ3v) is 1.80. The van der Waals surface area contributed by atoms with Gasteiger partial charge in [-0.15, -0.1) is 5.10 Å². The highest BCUT2D eigenvalue weighted by atomic mass is 16.2. The number of carbonyl (C=O) groups excluding carboxylic acids is 2. The van der Waals surface area contributed by atoms with Crippen LogP contribution in [0, 0.1) is 0 Å². The summed E-state index contributed by atoms with van der Waals surface area (Å²) in [5.74, 6) is -0.316. The number of H-pyrrole nitrogens is 1. The van der Waals surface area contributed by atoms with Gasteiger partial charge in [0.15, 0.2) is 0 Å². The van der Waals surface area contributed by atoms with Crippen LogP contribution >= 0.6 is 0 Å². The summed E-state index contributed by atoms with van der Waals surface area (Å²) in [5.41, 5.74) is 4.96. The molecule has 0 aliphatic rings. The summed E-state index contributed by atoms with van der Waals surface area (Å²) in [6.07, 6.45) is 0.666. The van der Waals surface area contributed by atoms with E-state index in [9.17, 15) is 9.59 Å². The van der Waals surface area contributed by atoms with Gasteiger partial charge in [-0.1, -0.05) is 6.92 Å². The third kappa shape index (κ3) is 2.76. The first-order valence-corrected chi connectivity index (χ1v) is 4.49. The number of aromatic amines is 1. The van der Waals surface area contributed by atoms with Crippen molar-refractivity contribution in [2.75, 3.05) is 13.6 Å². The number of hydrogen-bond donors (Lipinski definition) is 2. The van der Waals surface area contributed by atoms with Crippen molar-refractivity contribution in [3.8, 4) is 0 Å². The maximum absolute atomic E-state index is 11.6. The lowest BCUT2D eigenvalue weighted by Gasteiger charge is -2.11. The SMILES string of the molecule is CCc1nc(C(=O)N(C)CC(N)=O)n[nH]1. The van der Waals surface area contributed by atoms with Crippen LogP contribution in [0.5, 0.6) is 0 Å². The normalized spacial score (nSPS) is 10.0. The fourth-order valence-electron chi connectivity index (χ4n) is 1.03. The van der Waals surface area contributed by atoms with Crippen molar-refractivity contribution in [1.82, 2.24) is 20.1 Å². The molecule has 0 fully saturated rings. The zero-order valence-electron chi connectivity index (χ0n) is 8.65. The maximum Gasteiger partial charge on any atom is 0.293 e. The molecule has 0 aliphatic carbocycles. The number of carbonyl (C=O) groups is 2. The van der Waals surface area contributed by atoms with Crippen LogP contribution in [0.4, 0.5) is 0 Å². The predicted molar refractivity (Wildman–Crippen MR) is 51.9 cm³/mol. The van der Waals surface area contributed by atoms with Crippen LogP contribution in [0.3, 0.4) is 0 Å². The minimum Gasteiger partial charge on any atom is -0.368 e. The number of aryl methyl sites for hydroxylation is 1. The van der Waals surface area contributed by atoms with Gasteiger partial charge in [0.2, 0.25) is 11.7 Å². The van der Waals surface area contributed by atoms with Crippen LogP contribution in [-0.2, 0) is 11.2 Å². The average molecular weight is 211 g/mol. The number of nitrogens with one attached hydrogen (secondary N) is 1. The lowest BCUT2D eigenvalue weighted by Crippen LogP contribution is -2.35. The molecule has 1 rings (SSSR count). The molecule has 7 nitrogen and oxygen atoms in total.